The lowest BCUT2D eigenvalue weighted by atomic mass is 10.0. The van der Waals surface area contributed by atoms with Crippen LogP contribution in [0, 0.1) is 0 Å². The number of hydrogen-bond acceptors (Lipinski definition) is 6. The van der Waals surface area contributed by atoms with Crippen molar-refractivity contribution >= 4 is 17.9 Å². The summed E-state index contributed by atoms with van der Waals surface area (Å²) < 4.78 is 16.9. The van der Waals surface area contributed by atoms with Crippen molar-refractivity contribution in [3.63, 3.8) is 0 Å². The molecule has 0 rings (SSSR count). The second-order valence-electron chi connectivity index (χ2n) is 20.9. The second-order valence-corrected chi connectivity index (χ2v) is 20.9. The number of carbonyl (C=O) groups excluding carboxylic acids is 3. The first-order chi connectivity index (χ1) is 38.0. The topological polar surface area (TPSA) is 78.9 Å². The van der Waals surface area contributed by atoms with Crippen molar-refractivity contribution in [1.82, 2.24) is 0 Å². The van der Waals surface area contributed by atoms with Crippen molar-refractivity contribution in [3.05, 3.63) is 122 Å². The number of carbonyl (C=O) groups is 3. The van der Waals surface area contributed by atoms with Crippen molar-refractivity contribution in [2.24, 2.45) is 0 Å². The fraction of sp³-hybridized carbons (Fsp3) is 0.676. The number of allylic oxidation sites excluding steroid dienone is 20. The molecule has 0 fully saturated rings. The summed E-state index contributed by atoms with van der Waals surface area (Å²) in [6.45, 7) is 6.38. The normalized spacial score (nSPS) is 12.9. The van der Waals surface area contributed by atoms with E-state index in [1.54, 1.807) is 0 Å². The Kier molecular flexibility index (Phi) is 60.8. The van der Waals surface area contributed by atoms with Crippen molar-refractivity contribution in [2.75, 3.05) is 13.2 Å². The van der Waals surface area contributed by atoms with Crippen molar-refractivity contribution in [2.45, 2.75) is 297 Å². The summed E-state index contributed by atoms with van der Waals surface area (Å²) in [4.78, 5) is 38.3. The van der Waals surface area contributed by atoms with E-state index < -0.39 is 6.10 Å². The van der Waals surface area contributed by atoms with Crippen LogP contribution in [0.3, 0.4) is 0 Å². The largest absolute Gasteiger partial charge is 0.462 e. The van der Waals surface area contributed by atoms with E-state index in [0.29, 0.717) is 12.8 Å². The fourth-order valence-corrected chi connectivity index (χ4v) is 8.73. The molecule has 77 heavy (non-hydrogen) atoms. The predicted octanol–water partition coefficient (Wildman–Crippen LogP) is 22.0. The number of unbranched alkanes of at least 4 members (excludes halogenated alkanes) is 26. The molecule has 438 valence electrons. The standard InChI is InChI=1S/C71H118O6/c1-4-7-10-13-16-19-22-25-28-31-34-35-38-40-43-46-49-52-55-58-61-64-70(73)76-67-68(77-71(74)65-62-59-56-53-50-47-44-41-37-33-30-27-24-21-18-15-12-9-6-3)66-75-69(72)63-60-57-54-51-48-45-42-39-36-32-29-26-23-20-17-14-11-8-5-2/h8-9,11-12,17-18,20-21,26-27,29-30,36-37,39,41,45,47-48,50,68H,4-7,10,13-16,19,22-25,28,31-35,38,40,42-44,46,49,51-67H2,1-3H3/b11-8-,12-9-,20-17-,21-18-,29-26-,30-27-,39-36-,41-37-,48-45-,50-47-/t68-/m1/s1. The summed E-state index contributed by atoms with van der Waals surface area (Å²) in [5, 5.41) is 0. The van der Waals surface area contributed by atoms with Crippen LogP contribution < -0.4 is 0 Å². The maximum Gasteiger partial charge on any atom is 0.306 e. The average molecular weight is 1070 g/mol. The molecule has 0 unspecified atom stereocenters. The van der Waals surface area contributed by atoms with Crippen LogP contribution in [-0.2, 0) is 28.6 Å². The second kappa shape index (κ2) is 64.3. The van der Waals surface area contributed by atoms with Gasteiger partial charge in [0.15, 0.2) is 6.10 Å². The smallest absolute Gasteiger partial charge is 0.306 e. The van der Waals surface area contributed by atoms with Crippen molar-refractivity contribution in [1.29, 1.82) is 0 Å². The summed E-state index contributed by atoms with van der Waals surface area (Å²) in [6.07, 6.45) is 89.2. The molecule has 6 nitrogen and oxygen atoms in total. The van der Waals surface area contributed by atoms with Gasteiger partial charge in [0.1, 0.15) is 13.2 Å². The molecule has 0 radical (unpaired) electrons. The molecule has 0 aromatic rings. The molecule has 0 aliphatic carbocycles. The Morgan fingerprint density at radius 3 is 0.792 bits per heavy atom. The first kappa shape index (κ1) is 72.8. The van der Waals surface area contributed by atoms with Crippen LogP contribution in [0.25, 0.3) is 0 Å². The molecule has 0 aliphatic rings. The molecule has 0 saturated carbocycles. The molecule has 0 aromatic carbocycles. The Bertz CT molecular complexity index is 1600. The first-order valence-electron chi connectivity index (χ1n) is 32.0. The van der Waals surface area contributed by atoms with E-state index >= 15 is 0 Å². The summed E-state index contributed by atoms with van der Waals surface area (Å²) in [5.41, 5.74) is 0. The Morgan fingerprint density at radius 1 is 0.273 bits per heavy atom. The molecule has 6 heteroatoms. The molecular formula is C71H118O6. The molecule has 0 heterocycles. The zero-order chi connectivity index (χ0) is 55.7. The molecule has 0 spiro atoms. The third-order valence-corrected chi connectivity index (χ3v) is 13.5. The van der Waals surface area contributed by atoms with Crippen LogP contribution in [0.1, 0.15) is 290 Å². The van der Waals surface area contributed by atoms with E-state index in [0.717, 1.165) is 135 Å². The summed E-state index contributed by atoms with van der Waals surface area (Å²) in [6, 6.07) is 0. The van der Waals surface area contributed by atoms with Crippen molar-refractivity contribution < 1.29 is 28.6 Å². The lowest BCUT2D eigenvalue weighted by Gasteiger charge is -2.18. The number of ether oxygens (including phenoxy) is 3. The summed E-state index contributed by atoms with van der Waals surface area (Å²) in [7, 11) is 0. The van der Waals surface area contributed by atoms with Gasteiger partial charge < -0.3 is 14.2 Å². The molecule has 0 aliphatic heterocycles. The van der Waals surface area contributed by atoms with Gasteiger partial charge in [-0.1, -0.05) is 284 Å². The predicted molar refractivity (Wildman–Crippen MR) is 334 cm³/mol. The number of esters is 3. The quantitative estimate of drug-likeness (QED) is 0.0261. The van der Waals surface area contributed by atoms with Gasteiger partial charge in [-0.25, -0.2) is 0 Å². The average Bonchev–Trinajstić information content (AvgIpc) is 3.43. The maximum atomic E-state index is 12.9. The number of hydrogen-bond donors (Lipinski definition) is 0. The van der Waals surface area contributed by atoms with Crippen LogP contribution in [0.2, 0.25) is 0 Å². The zero-order valence-electron chi connectivity index (χ0n) is 50.2. The Labute approximate surface area is 475 Å². The third kappa shape index (κ3) is 62.5. The van der Waals surface area contributed by atoms with Crippen LogP contribution in [0.4, 0.5) is 0 Å². The van der Waals surface area contributed by atoms with Gasteiger partial charge in [-0.15, -0.1) is 0 Å². The summed E-state index contributed by atoms with van der Waals surface area (Å²) >= 11 is 0. The Morgan fingerprint density at radius 2 is 0.506 bits per heavy atom. The highest BCUT2D eigenvalue weighted by atomic mass is 16.6. The minimum atomic E-state index is -0.813. The van der Waals surface area contributed by atoms with Crippen LogP contribution in [-0.4, -0.2) is 37.2 Å². The minimum Gasteiger partial charge on any atom is -0.462 e. The number of rotatable bonds is 57. The van der Waals surface area contributed by atoms with E-state index in [1.807, 2.05) is 0 Å². The lowest BCUT2D eigenvalue weighted by Crippen LogP contribution is -2.30. The minimum absolute atomic E-state index is 0.103. The van der Waals surface area contributed by atoms with Gasteiger partial charge in [0, 0.05) is 19.3 Å². The molecule has 1 atom stereocenters. The Balaban J connectivity index is 4.48. The van der Waals surface area contributed by atoms with Gasteiger partial charge in [-0.2, -0.15) is 0 Å². The zero-order valence-corrected chi connectivity index (χ0v) is 50.2. The molecule has 0 bridgehead atoms. The highest BCUT2D eigenvalue weighted by Crippen LogP contribution is 2.16. The first-order valence-corrected chi connectivity index (χ1v) is 32.0. The molecular weight excluding hydrogens is 949 g/mol. The van der Waals surface area contributed by atoms with Crippen LogP contribution >= 0.6 is 0 Å². The van der Waals surface area contributed by atoms with Crippen LogP contribution in [0.15, 0.2) is 122 Å². The highest BCUT2D eigenvalue weighted by molar-refractivity contribution is 5.71. The molecule has 0 saturated heterocycles. The third-order valence-electron chi connectivity index (χ3n) is 13.5. The summed E-state index contributed by atoms with van der Waals surface area (Å²) in [5.74, 6) is -0.962. The van der Waals surface area contributed by atoms with E-state index in [1.165, 1.54) is 116 Å². The van der Waals surface area contributed by atoms with Gasteiger partial charge in [0.05, 0.1) is 0 Å². The van der Waals surface area contributed by atoms with E-state index in [2.05, 4.69) is 142 Å². The van der Waals surface area contributed by atoms with Crippen LogP contribution in [0.5, 0.6) is 0 Å². The lowest BCUT2D eigenvalue weighted by molar-refractivity contribution is -0.167. The molecule has 0 amide bonds. The van der Waals surface area contributed by atoms with Gasteiger partial charge in [-0.3, -0.25) is 14.4 Å². The molecule has 0 N–H and O–H groups in total. The molecule has 0 aromatic heterocycles. The van der Waals surface area contributed by atoms with E-state index in [4.69, 9.17) is 14.2 Å². The Hall–Kier alpha value is -4.19. The van der Waals surface area contributed by atoms with Gasteiger partial charge in [0.2, 0.25) is 0 Å². The van der Waals surface area contributed by atoms with Crippen molar-refractivity contribution in [3.8, 4) is 0 Å². The highest BCUT2D eigenvalue weighted by Gasteiger charge is 2.19. The van der Waals surface area contributed by atoms with E-state index in [9.17, 15) is 14.4 Å². The monoisotopic (exact) mass is 1070 g/mol. The van der Waals surface area contributed by atoms with Gasteiger partial charge >= 0.3 is 17.9 Å². The van der Waals surface area contributed by atoms with Gasteiger partial charge in [-0.05, 0) is 109 Å². The fourth-order valence-electron chi connectivity index (χ4n) is 8.73. The maximum absolute atomic E-state index is 12.9. The van der Waals surface area contributed by atoms with Gasteiger partial charge in [0.25, 0.3) is 0 Å². The van der Waals surface area contributed by atoms with E-state index in [-0.39, 0.29) is 37.5 Å². The SMILES string of the molecule is CC/C=C\C/C=C\C/C=C\C/C=C\C/C=C\CCCCCC(=O)OC[C@H](COC(=O)CCCCCCCCCCCCCCCCCCCCCCC)OC(=O)CCCCC/C=C\C/C=C\C/C=C\C/C=C\C/C=C\CC.